The summed E-state index contributed by atoms with van der Waals surface area (Å²) in [5.41, 5.74) is 5.97. The van der Waals surface area contributed by atoms with E-state index in [4.69, 9.17) is 0 Å². The number of nitrogens with one attached hydrogen (secondary N) is 1. The van der Waals surface area contributed by atoms with E-state index in [0.717, 1.165) is 46.4 Å². The summed E-state index contributed by atoms with van der Waals surface area (Å²) < 4.78 is 1.60. The van der Waals surface area contributed by atoms with Crippen LogP contribution in [0.1, 0.15) is 47.6 Å². The van der Waals surface area contributed by atoms with Gasteiger partial charge in [0, 0.05) is 24.1 Å². The zero-order valence-electron chi connectivity index (χ0n) is 17.5. The number of rotatable bonds is 8. The molecule has 0 bridgehead atoms. The van der Waals surface area contributed by atoms with Crippen LogP contribution in [0.25, 0.3) is 22.5 Å². The molecule has 0 aliphatic carbocycles. The van der Waals surface area contributed by atoms with Crippen molar-refractivity contribution >= 4 is 5.97 Å². The number of benzene rings is 2. The number of hydrogen-bond acceptors (Lipinski definition) is 5. The molecule has 8 nitrogen and oxygen atoms in total. The number of tetrazole rings is 1. The highest BCUT2D eigenvalue weighted by Crippen LogP contribution is 2.30. The van der Waals surface area contributed by atoms with Crippen LogP contribution >= 0.6 is 0 Å². The van der Waals surface area contributed by atoms with E-state index in [1.807, 2.05) is 55.5 Å². The summed E-state index contributed by atoms with van der Waals surface area (Å²) in [7, 11) is 0. The number of carboxylic acids is 1. The molecule has 0 saturated heterocycles. The maximum Gasteiger partial charge on any atom is 0.354 e. The fraction of sp³-hybridized carbons (Fsp3) is 0.261. The zero-order chi connectivity index (χ0) is 21.8. The first kappa shape index (κ1) is 20.5. The molecule has 0 fully saturated rings. The average Bonchev–Trinajstić information content (AvgIpc) is 3.43. The van der Waals surface area contributed by atoms with Crippen LogP contribution in [0.3, 0.4) is 0 Å². The number of aromatic nitrogens is 6. The highest BCUT2D eigenvalue weighted by atomic mass is 16.4. The minimum atomic E-state index is -0.932. The Morgan fingerprint density at radius 3 is 2.42 bits per heavy atom. The van der Waals surface area contributed by atoms with Crippen LogP contribution < -0.4 is 0 Å². The van der Waals surface area contributed by atoms with Crippen molar-refractivity contribution in [2.45, 2.75) is 39.7 Å². The number of H-pyrrole nitrogens is 1. The first-order valence-electron chi connectivity index (χ1n) is 10.4. The maximum atomic E-state index is 11.9. The summed E-state index contributed by atoms with van der Waals surface area (Å²) in [6.07, 6.45) is 2.21. The molecule has 0 radical (unpaired) electrons. The van der Waals surface area contributed by atoms with Crippen LogP contribution in [0.5, 0.6) is 0 Å². The molecule has 0 unspecified atom stereocenters. The molecule has 2 aromatic heterocycles. The minimum absolute atomic E-state index is 0.290. The topological polar surface area (TPSA) is 110 Å². The highest BCUT2D eigenvalue weighted by molar-refractivity contribution is 5.88. The van der Waals surface area contributed by atoms with Gasteiger partial charge in [-0.25, -0.2) is 9.89 Å². The molecule has 4 aromatic rings. The van der Waals surface area contributed by atoms with E-state index in [0.29, 0.717) is 18.8 Å². The number of hydrogen-bond donors (Lipinski definition) is 2. The monoisotopic (exact) mass is 416 g/mol. The summed E-state index contributed by atoms with van der Waals surface area (Å²) in [6.45, 7) is 4.52. The molecule has 4 rings (SSSR count). The summed E-state index contributed by atoms with van der Waals surface area (Å²) in [4.78, 5) is 11.9. The van der Waals surface area contributed by atoms with Gasteiger partial charge in [-0.15, -0.1) is 5.10 Å². The normalized spacial score (nSPS) is 11.0. The Hall–Kier alpha value is -3.81. The van der Waals surface area contributed by atoms with E-state index < -0.39 is 5.97 Å². The van der Waals surface area contributed by atoms with E-state index in [9.17, 15) is 9.90 Å². The molecular formula is C23H24N6O2. The molecule has 31 heavy (non-hydrogen) atoms. The molecule has 0 amide bonds. The maximum absolute atomic E-state index is 11.9. The van der Waals surface area contributed by atoms with Crippen LogP contribution in [0.15, 0.2) is 48.5 Å². The zero-order valence-corrected chi connectivity index (χ0v) is 17.5. The first-order chi connectivity index (χ1) is 15.1. The van der Waals surface area contributed by atoms with Crippen molar-refractivity contribution < 1.29 is 9.90 Å². The van der Waals surface area contributed by atoms with Crippen molar-refractivity contribution in [3.05, 3.63) is 71.0 Å². The molecule has 8 heteroatoms. The Morgan fingerprint density at radius 2 is 1.81 bits per heavy atom. The van der Waals surface area contributed by atoms with Crippen molar-refractivity contribution in [1.82, 2.24) is 30.4 Å². The van der Waals surface area contributed by atoms with E-state index >= 15 is 0 Å². The van der Waals surface area contributed by atoms with E-state index in [1.54, 1.807) is 4.68 Å². The number of aromatic amines is 1. The second-order valence-electron chi connectivity index (χ2n) is 7.31. The van der Waals surface area contributed by atoms with Crippen molar-refractivity contribution in [2.75, 3.05) is 0 Å². The fourth-order valence-electron chi connectivity index (χ4n) is 3.86. The number of aromatic carboxylic acids is 1. The number of nitrogens with zero attached hydrogens (tertiary/aromatic N) is 5. The molecule has 0 aliphatic rings. The van der Waals surface area contributed by atoms with Crippen molar-refractivity contribution in [2.24, 2.45) is 0 Å². The fourth-order valence-corrected chi connectivity index (χ4v) is 3.86. The Labute approximate surface area is 179 Å². The van der Waals surface area contributed by atoms with Gasteiger partial charge in [-0.3, -0.25) is 4.68 Å². The average molecular weight is 416 g/mol. The molecule has 2 N–H and O–H groups in total. The van der Waals surface area contributed by atoms with Gasteiger partial charge in [0.15, 0.2) is 5.82 Å². The second kappa shape index (κ2) is 8.91. The van der Waals surface area contributed by atoms with Crippen molar-refractivity contribution in [1.29, 1.82) is 0 Å². The summed E-state index contributed by atoms with van der Waals surface area (Å²) in [5, 5.41) is 28.5. The van der Waals surface area contributed by atoms with Gasteiger partial charge in [-0.1, -0.05) is 61.9 Å². The van der Waals surface area contributed by atoms with Crippen LogP contribution in [0.2, 0.25) is 0 Å². The third kappa shape index (κ3) is 4.09. The van der Waals surface area contributed by atoms with Gasteiger partial charge < -0.3 is 5.11 Å². The molecule has 0 saturated carbocycles. The summed E-state index contributed by atoms with van der Waals surface area (Å²) in [6, 6.07) is 16.1. The van der Waals surface area contributed by atoms with E-state index in [1.165, 1.54) is 0 Å². The number of carboxylic acid groups (broad SMARTS) is 1. The predicted molar refractivity (Wildman–Crippen MR) is 117 cm³/mol. The summed E-state index contributed by atoms with van der Waals surface area (Å²) >= 11 is 0. The highest BCUT2D eigenvalue weighted by Gasteiger charge is 2.22. The van der Waals surface area contributed by atoms with Gasteiger partial charge in [0.05, 0.1) is 5.69 Å². The third-order valence-corrected chi connectivity index (χ3v) is 5.30. The van der Waals surface area contributed by atoms with Gasteiger partial charge in [0.1, 0.15) is 5.69 Å². The van der Waals surface area contributed by atoms with Gasteiger partial charge in [0.2, 0.25) is 0 Å². The van der Waals surface area contributed by atoms with Crippen LogP contribution in [0.4, 0.5) is 0 Å². The van der Waals surface area contributed by atoms with Gasteiger partial charge in [-0.2, -0.15) is 5.10 Å². The van der Waals surface area contributed by atoms with Crippen LogP contribution in [0, 0.1) is 0 Å². The molecule has 158 valence electrons. The lowest BCUT2D eigenvalue weighted by molar-refractivity contribution is 0.0682. The molecule has 0 spiro atoms. The van der Waals surface area contributed by atoms with Crippen molar-refractivity contribution in [3.63, 3.8) is 0 Å². The van der Waals surface area contributed by atoms with Crippen LogP contribution in [-0.2, 0) is 19.4 Å². The largest absolute Gasteiger partial charge is 0.477 e. The predicted octanol–water partition coefficient (Wildman–Crippen LogP) is 3.99. The Kier molecular flexibility index (Phi) is 5.88. The standard InChI is InChI=1S/C23H24N6O2/c1-3-7-20-19(21(23(30)31)29(4-2)26-20)14-15-10-12-16(13-11-15)17-8-5-6-9-18(17)22-24-27-28-25-22/h5-6,8-13H,3-4,7,14H2,1-2H3,(H,30,31)(H,24,25,27,28). The van der Waals surface area contributed by atoms with Crippen LogP contribution in [-0.4, -0.2) is 41.5 Å². The minimum Gasteiger partial charge on any atom is -0.477 e. The lowest BCUT2D eigenvalue weighted by Gasteiger charge is -2.09. The molecule has 2 heterocycles. The Balaban J connectivity index is 1.67. The Bertz CT molecular complexity index is 1180. The third-order valence-electron chi connectivity index (χ3n) is 5.30. The van der Waals surface area contributed by atoms with E-state index in [-0.39, 0.29) is 5.69 Å². The quantitative estimate of drug-likeness (QED) is 0.449. The van der Waals surface area contributed by atoms with Gasteiger partial charge in [-0.05, 0) is 40.5 Å². The van der Waals surface area contributed by atoms with Crippen molar-refractivity contribution in [3.8, 4) is 22.5 Å². The molecule has 2 aromatic carbocycles. The van der Waals surface area contributed by atoms with Gasteiger partial charge >= 0.3 is 5.97 Å². The SMILES string of the molecule is CCCc1nn(CC)c(C(=O)O)c1Cc1ccc(-c2ccccc2-c2nnn[nH]2)cc1. The number of aryl methyl sites for hydroxylation is 2. The second-order valence-corrected chi connectivity index (χ2v) is 7.31. The molecular weight excluding hydrogens is 392 g/mol. The first-order valence-corrected chi connectivity index (χ1v) is 10.4. The van der Waals surface area contributed by atoms with Gasteiger partial charge in [0.25, 0.3) is 0 Å². The molecule has 0 aliphatic heterocycles. The lowest BCUT2D eigenvalue weighted by atomic mass is 9.96. The smallest absolute Gasteiger partial charge is 0.354 e. The summed E-state index contributed by atoms with van der Waals surface area (Å²) in [5.74, 6) is -0.320. The Morgan fingerprint density at radius 1 is 1.06 bits per heavy atom. The number of carbonyl (C=O) groups is 1. The lowest BCUT2D eigenvalue weighted by Crippen LogP contribution is -2.10. The molecule has 0 atom stereocenters. The van der Waals surface area contributed by atoms with E-state index in [2.05, 4.69) is 32.6 Å².